The van der Waals surface area contributed by atoms with Crippen LogP contribution in [0.15, 0.2) is 42.6 Å². The first kappa shape index (κ1) is 11.1. The Kier molecular flexibility index (Phi) is 3.34. The molecule has 0 bridgehead atoms. The van der Waals surface area contributed by atoms with Gasteiger partial charge in [0.1, 0.15) is 11.8 Å². The van der Waals surface area contributed by atoms with E-state index in [-0.39, 0.29) is 6.61 Å². The molecule has 0 amide bonds. The molecule has 0 aliphatic heterocycles. The maximum Gasteiger partial charge on any atom is 0.219 e. The van der Waals surface area contributed by atoms with Gasteiger partial charge in [-0.1, -0.05) is 12.1 Å². The monoisotopic (exact) mass is 226 g/mol. The third kappa shape index (κ3) is 2.80. The van der Waals surface area contributed by atoms with Gasteiger partial charge < -0.3 is 9.84 Å². The van der Waals surface area contributed by atoms with Crippen LogP contribution in [0.5, 0.6) is 11.6 Å². The van der Waals surface area contributed by atoms with Gasteiger partial charge in [-0.15, -0.1) is 0 Å². The average molecular weight is 226 g/mol. The lowest BCUT2D eigenvalue weighted by molar-refractivity contribution is 0.281. The number of aliphatic hydroxyl groups is 1. The van der Waals surface area contributed by atoms with Gasteiger partial charge in [0.25, 0.3) is 0 Å². The van der Waals surface area contributed by atoms with Crippen molar-refractivity contribution in [3.63, 3.8) is 0 Å². The molecule has 4 nitrogen and oxygen atoms in total. The third-order valence-corrected chi connectivity index (χ3v) is 2.17. The van der Waals surface area contributed by atoms with Gasteiger partial charge in [-0.05, 0) is 23.8 Å². The summed E-state index contributed by atoms with van der Waals surface area (Å²) in [6, 6.07) is 12.4. The van der Waals surface area contributed by atoms with Crippen LogP contribution in [0.1, 0.15) is 11.1 Å². The van der Waals surface area contributed by atoms with Gasteiger partial charge in [-0.25, -0.2) is 4.98 Å². The minimum absolute atomic E-state index is 0.0298. The summed E-state index contributed by atoms with van der Waals surface area (Å²) in [5.41, 5.74) is 1.26. The van der Waals surface area contributed by atoms with Gasteiger partial charge >= 0.3 is 0 Å². The molecule has 0 aliphatic rings. The van der Waals surface area contributed by atoms with E-state index in [0.717, 1.165) is 5.56 Å². The van der Waals surface area contributed by atoms with Gasteiger partial charge in [0, 0.05) is 12.3 Å². The summed E-state index contributed by atoms with van der Waals surface area (Å²) in [6.07, 6.45) is 1.45. The van der Waals surface area contributed by atoms with E-state index in [0.29, 0.717) is 17.2 Å². The van der Waals surface area contributed by atoms with Crippen molar-refractivity contribution in [2.24, 2.45) is 0 Å². The van der Waals surface area contributed by atoms with E-state index in [1.807, 2.05) is 6.07 Å². The van der Waals surface area contributed by atoms with Crippen molar-refractivity contribution in [2.45, 2.75) is 6.61 Å². The zero-order chi connectivity index (χ0) is 12.1. The van der Waals surface area contributed by atoms with Crippen LogP contribution in [-0.4, -0.2) is 10.1 Å². The number of aliphatic hydroxyl groups excluding tert-OH is 1. The first-order valence-corrected chi connectivity index (χ1v) is 5.05. The summed E-state index contributed by atoms with van der Waals surface area (Å²) in [5.74, 6) is 1.02. The zero-order valence-electron chi connectivity index (χ0n) is 9.00. The molecule has 1 heterocycles. The molecule has 1 aromatic carbocycles. The third-order valence-electron chi connectivity index (χ3n) is 2.17. The first-order chi connectivity index (χ1) is 8.31. The molecule has 4 heteroatoms. The number of benzene rings is 1. The second-order valence-corrected chi connectivity index (χ2v) is 3.40. The Morgan fingerprint density at radius 3 is 2.82 bits per heavy atom. The number of aromatic nitrogens is 1. The topological polar surface area (TPSA) is 66.1 Å². The Labute approximate surface area is 98.7 Å². The van der Waals surface area contributed by atoms with Crippen molar-refractivity contribution < 1.29 is 9.84 Å². The van der Waals surface area contributed by atoms with Gasteiger partial charge in [0.2, 0.25) is 5.88 Å². The van der Waals surface area contributed by atoms with E-state index < -0.39 is 0 Å². The van der Waals surface area contributed by atoms with E-state index in [9.17, 15) is 0 Å². The Bertz CT molecular complexity index is 544. The Morgan fingerprint density at radius 2 is 2.18 bits per heavy atom. The maximum absolute atomic E-state index is 8.99. The fourth-order valence-corrected chi connectivity index (χ4v) is 1.33. The number of nitrogens with zero attached hydrogens (tertiary/aromatic N) is 2. The van der Waals surface area contributed by atoms with Crippen LogP contribution in [0.4, 0.5) is 0 Å². The second-order valence-electron chi connectivity index (χ2n) is 3.40. The molecule has 17 heavy (non-hydrogen) atoms. The van der Waals surface area contributed by atoms with Crippen molar-refractivity contribution in [3.8, 4) is 17.7 Å². The van der Waals surface area contributed by atoms with Crippen molar-refractivity contribution in [2.75, 3.05) is 0 Å². The minimum atomic E-state index is -0.0298. The summed E-state index contributed by atoms with van der Waals surface area (Å²) in [4.78, 5) is 3.99. The van der Waals surface area contributed by atoms with Crippen LogP contribution >= 0.6 is 0 Å². The van der Waals surface area contributed by atoms with Crippen LogP contribution in [0.3, 0.4) is 0 Å². The van der Waals surface area contributed by atoms with E-state index >= 15 is 0 Å². The van der Waals surface area contributed by atoms with Crippen molar-refractivity contribution >= 4 is 0 Å². The number of rotatable bonds is 3. The molecule has 1 aromatic heterocycles. The summed E-state index contributed by atoms with van der Waals surface area (Å²) < 4.78 is 5.49. The molecular formula is C13H10N2O2. The largest absolute Gasteiger partial charge is 0.439 e. The molecular weight excluding hydrogens is 216 g/mol. The first-order valence-electron chi connectivity index (χ1n) is 5.05. The normalized spacial score (nSPS) is 9.65. The molecule has 1 N–H and O–H groups in total. The van der Waals surface area contributed by atoms with Crippen LogP contribution in [-0.2, 0) is 6.61 Å². The molecule has 0 aliphatic carbocycles. The maximum atomic E-state index is 8.99. The lowest BCUT2D eigenvalue weighted by Gasteiger charge is -2.05. The molecule has 84 valence electrons. The highest BCUT2D eigenvalue weighted by Crippen LogP contribution is 2.20. The van der Waals surface area contributed by atoms with E-state index in [4.69, 9.17) is 15.1 Å². The van der Waals surface area contributed by atoms with Gasteiger partial charge in [0.15, 0.2) is 0 Å². The number of hydrogen-bond donors (Lipinski definition) is 1. The van der Waals surface area contributed by atoms with Crippen molar-refractivity contribution in [1.82, 2.24) is 4.98 Å². The SMILES string of the molecule is N#Cc1ccc(Oc2cccc(CO)c2)nc1. The Morgan fingerprint density at radius 1 is 1.29 bits per heavy atom. The molecule has 0 saturated carbocycles. The van der Waals surface area contributed by atoms with Gasteiger partial charge in [-0.3, -0.25) is 0 Å². The molecule has 0 spiro atoms. The Balaban J connectivity index is 2.16. The number of nitriles is 1. The molecule has 0 radical (unpaired) electrons. The molecule has 2 rings (SSSR count). The standard InChI is InChI=1S/C13H10N2O2/c14-7-11-4-5-13(15-8-11)17-12-3-1-2-10(6-12)9-16/h1-6,8,16H,9H2. The predicted octanol–water partition coefficient (Wildman–Crippen LogP) is 2.24. The number of pyridine rings is 1. The molecule has 0 saturated heterocycles. The summed E-state index contributed by atoms with van der Waals surface area (Å²) in [7, 11) is 0. The predicted molar refractivity (Wildman–Crippen MR) is 61.4 cm³/mol. The molecule has 2 aromatic rings. The second kappa shape index (κ2) is 5.10. The molecule has 0 fully saturated rings. The van der Waals surface area contributed by atoms with Gasteiger partial charge in [0.05, 0.1) is 12.2 Å². The number of ether oxygens (including phenoxy) is 1. The summed E-state index contributed by atoms with van der Waals surface area (Å²) in [6.45, 7) is -0.0298. The van der Waals surface area contributed by atoms with Crippen molar-refractivity contribution in [1.29, 1.82) is 5.26 Å². The van der Waals surface area contributed by atoms with E-state index in [1.165, 1.54) is 6.20 Å². The molecule has 0 atom stereocenters. The number of hydrogen-bond acceptors (Lipinski definition) is 4. The smallest absolute Gasteiger partial charge is 0.219 e. The minimum Gasteiger partial charge on any atom is -0.439 e. The average Bonchev–Trinajstić information content (AvgIpc) is 2.40. The molecule has 0 unspecified atom stereocenters. The lowest BCUT2D eigenvalue weighted by Crippen LogP contribution is -1.90. The highest BCUT2D eigenvalue weighted by molar-refractivity contribution is 5.33. The Hall–Kier alpha value is -2.38. The van der Waals surface area contributed by atoms with Crippen LogP contribution in [0, 0.1) is 11.3 Å². The van der Waals surface area contributed by atoms with E-state index in [1.54, 1.807) is 36.4 Å². The van der Waals surface area contributed by atoms with Crippen LogP contribution in [0.25, 0.3) is 0 Å². The highest BCUT2D eigenvalue weighted by atomic mass is 16.5. The summed E-state index contributed by atoms with van der Waals surface area (Å²) in [5, 5.41) is 17.6. The zero-order valence-corrected chi connectivity index (χ0v) is 9.00. The highest BCUT2D eigenvalue weighted by Gasteiger charge is 2.00. The quantitative estimate of drug-likeness (QED) is 0.871. The van der Waals surface area contributed by atoms with Crippen LogP contribution in [0.2, 0.25) is 0 Å². The van der Waals surface area contributed by atoms with Gasteiger partial charge in [-0.2, -0.15) is 5.26 Å². The summed E-state index contributed by atoms with van der Waals surface area (Å²) >= 11 is 0. The lowest BCUT2D eigenvalue weighted by atomic mass is 10.2. The van der Waals surface area contributed by atoms with Crippen LogP contribution < -0.4 is 4.74 Å². The fourth-order valence-electron chi connectivity index (χ4n) is 1.33. The van der Waals surface area contributed by atoms with E-state index in [2.05, 4.69) is 4.98 Å². The van der Waals surface area contributed by atoms with Crippen molar-refractivity contribution in [3.05, 3.63) is 53.7 Å². The fraction of sp³-hybridized carbons (Fsp3) is 0.0769.